The van der Waals surface area contributed by atoms with Crippen LogP contribution in [0.5, 0.6) is 0 Å². The summed E-state index contributed by atoms with van der Waals surface area (Å²) in [4.78, 5) is 25.0. The number of benzene rings is 2. The molecule has 2 aliphatic rings. The highest BCUT2D eigenvalue weighted by atomic mass is 16.5. The molecular weight excluding hydrogens is 378 g/mol. The minimum atomic E-state index is -0.607. The highest BCUT2D eigenvalue weighted by Crippen LogP contribution is 2.40. The Morgan fingerprint density at radius 2 is 1.53 bits per heavy atom. The van der Waals surface area contributed by atoms with Gasteiger partial charge in [-0.2, -0.15) is 0 Å². The Labute approximate surface area is 175 Å². The van der Waals surface area contributed by atoms with Gasteiger partial charge in [-0.05, 0) is 17.5 Å². The predicted octanol–water partition coefficient (Wildman–Crippen LogP) is 2.65. The van der Waals surface area contributed by atoms with Crippen LogP contribution in [-0.2, 0) is 0 Å². The number of hydrogen-bond donors (Lipinski definition) is 2. The van der Waals surface area contributed by atoms with Crippen LogP contribution in [0.2, 0.25) is 0 Å². The summed E-state index contributed by atoms with van der Waals surface area (Å²) in [5.41, 5.74) is 4.45. The van der Waals surface area contributed by atoms with Crippen LogP contribution >= 0.6 is 0 Å². The van der Waals surface area contributed by atoms with E-state index in [1.165, 1.54) is 23.5 Å². The molecule has 2 aromatic carbocycles. The Bertz CT molecular complexity index is 973. The minimum Gasteiger partial charge on any atom is -0.335 e. The number of likely N-dealkylation sites (tertiary alicyclic amines) is 1. The van der Waals surface area contributed by atoms with E-state index in [2.05, 4.69) is 80.4 Å². The molecule has 0 spiro atoms. The molecule has 1 aromatic heterocycles. The monoisotopic (exact) mass is 401 g/mol. The van der Waals surface area contributed by atoms with E-state index in [9.17, 15) is 4.79 Å². The Morgan fingerprint density at radius 3 is 2.03 bits per heavy atom. The Kier molecular flexibility index (Phi) is 4.90. The van der Waals surface area contributed by atoms with Crippen molar-refractivity contribution in [1.29, 1.82) is 0 Å². The van der Waals surface area contributed by atoms with Crippen LogP contribution < -0.4 is 10.4 Å². The molecule has 1 amide bonds. The van der Waals surface area contributed by atoms with Crippen LogP contribution in [-0.4, -0.2) is 51.2 Å². The first kappa shape index (κ1) is 18.7. The molecule has 2 N–H and O–H groups in total. The number of aromatic nitrogens is 2. The molecule has 3 heterocycles. The van der Waals surface area contributed by atoms with E-state index < -0.39 is 5.91 Å². The SMILES string of the molecule is O=C(NO)c1cnc(N2CC3CC2CN3C(c2ccccc2)c2ccccc2)nc1. The van der Waals surface area contributed by atoms with Crippen molar-refractivity contribution in [2.45, 2.75) is 24.5 Å². The summed E-state index contributed by atoms with van der Waals surface area (Å²) in [6.45, 7) is 1.79. The van der Waals surface area contributed by atoms with Crippen molar-refractivity contribution in [3.05, 3.63) is 89.7 Å². The second-order valence-corrected chi connectivity index (χ2v) is 7.83. The third-order valence-electron chi connectivity index (χ3n) is 6.10. The van der Waals surface area contributed by atoms with Gasteiger partial charge in [0, 0.05) is 37.6 Å². The number of hydroxylamine groups is 1. The summed E-state index contributed by atoms with van der Waals surface area (Å²) in [5.74, 6) is 0.0249. The lowest BCUT2D eigenvalue weighted by molar-refractivity contribution is 0.0705. The maximum Gasteiger partial charge on any atom is 0.277 e. The summed E-state index contributed by atoms with van der Waals surface area (Å²) in [7, 11) is 0. The van der Waals surface area contributed by atoms with E-state index in [1.54, 1.807) is 5.48 Å². The van der Waals surface area contributed by atoms with Gasteiger partial charge < -0.3 is 4.90 Å². The second kappa shape index (κ2) is 7.85. The van der Waals surface area contributed by atoms with Gasteiger partial charge in [0.15, 0.2) is 0 Å². The fourth-order valence-electron chi connectivity index (χ4n) is 4.76. The molecule has 2 fully saturated rings. The van der Waals surface area contributed by atoms with Crippen LogP contribution in [0.15, 0.2) is 73.1 Å². The molecule has 3 aromatic rings. The lowest BCUT2D eigenvalue weighted by atomic mass is 9.96. The first-order valence-corrected chi connectivity index (χ1v) is 10.1. The van der Waals surface area contributed by atoms with Gasteiger partial charge in [-0.3, -0.25) is 14.9 Å². The molecule has 30 heavy (non-hydrogen) atoms. The van der Waals surface area contributed by atoms with Crippen LogP contribution in [0, 0.1) is 0 Å². The number of nitrogens with one attached hydrogen (secondary N) is 1. The van der Waals surface area contributed by atoms with E-state index in [1.807, 2.05) is 0 Å². The van der Waals surface area contributed by atoms with Crippen LogP contribution in [0.3, 0.4) is 0 Å². The highest BCUT2D eigenvalue weighted by Gasteiger charge is 2.47. The average Bonchev–Trinajstić information content (AvgIpc) is 3.41. The summed E-state index contributed by atoms with van der Waals surface area (Å²) in [5, 5.41) is 8.75. The van der Waals surface area contributed by atoms with Crippen molar-refractivity contribution in [1.82, 2.24) is 20.3 Å². The zero-order chi connectivity index (χ0) is 20.5. The maximum absolute atomic E-state index is 11.5. The second-order valence-electron chi connectivity index (χ2n) is 7.83. The van der Waals surface area contributed by atoms with Gasteiger partial charge in [-0.15, -0.1) is 0 Å². The number of carbonyl (C=O) groups excluding carboxylic acids is 1. The van der Waals surface area contributed by atoms with Crippen molar-refractivity contribution in [2.75, 3.05) is 18.0 Å². The Balaban J connectivity index is 1.38. The third-order valence-corrected chi connectivity index (χ3v) is 6.10. The molecule has 0 aliphatic carbocycles. The molecule has 2 atom stereocenters. The summed E-state index contributed by atoms with van der Waals surface area (Å²) >= 11 is 0. The third kappa shape index (κ3) is 3.32. The average molecular weight is 401 g/mol. The smallest absolute Gasteiger partial charge is 0.277 e. The van der Waals surface area contributed by atoms with E-state index in [4.69, 9.17) is 5.21 Å². The molecular formula is C23H23N5O2. The summed E-state index contributed by atoms with van der Waals surface area (Å²) in [6.07, 6.45) is 3.97. The van der Waals surface area contributed by atoms with Gasteiger partial charge in [0.1, 0.15) is 0 Å². The van der Waals surface area contributed by atoms with Crippen molar-refractivity contribution in [3.8, 4) is 0 Å². The molecule has 2 bridgehead atoms. The standard InChI is InChI=1S/C23H23N5O2/c29-22(26-30)18-12-24-23(25-13-18)28-15-19-11-20(28)14-27(19)21(16-7-3-1-4-8-16)17-9-5-2-6-10-17/h1-10,12-13,19-21,30H,11,14-15H2,(H,26,29). The molecule has 2 saturated heterocycles. The van der Waals surface area contributed by atoms with Crippen LogP contribution in [0.1, 0.15) is 33.9 Å². The Morgan fingerprint density at radius 1 is 0.933 bits per heavy atom. The van der Waals surface area contributed by atoms with Gasteiger partial charge in [-0.1, -0.05) is 60.7 Å². The largest absolute Gasteiger partial charge is 0.335 e. The first-order chi connectivity index (χ1) is 14.7. The maximum atomic E-state index is 11.5. The Hall–Kier alpha value is -3.29. The molecule has 2 unspecified atom stereocenters. The first-order valence-electron chi connectivity index (χ1n) is 10.1. The number of anilines is 1. The van der Waals surface area contributed by atoms with Crippen molar-refractivity contribution in [3.63, 3.8) is 0 Å². The molecule has 7 heteroatoms. The fourth-order valence-corrected chi connectivity index (χ4v) is 4.76. The molecule has 0 saturated carbocycles. The van der Waals surface area contributed by atoms with E-state index in [0.29, 0.717) is 18.0 Å². The quantitative estimate of drug-likeness (QED) is 0.505. The van der Waals surface area contributed by atoms with Crippen LogP contribution in [0.25, 0.3) is 0 Å². The normalized spacial score (nSPS) is 20.7. The molecule has 7 nitrogen and oxygen atoms in total. The molecule has 152 valence electrons. The number of nitrogens with zero attached hydrogens (tertiary/aromatic N) is 4. The molecule has 5 rings (SSSR count). The number of rotatable bonds is 5. The number of carbonyl (C=O) groups is 1. The number of amides is 1. The van der Waals surface area contributed by atoms with Gasteiger partial charge in [0.2, 0.25) is 5.95 Å². The lowest BCUT2D eigenvalue weighted by Crippen LogP contribution is -2.48. The van der Waals surface area contributed by atoms with Gasteiger partial charge in [0.05, 0.1) is 11.6 Å². The fraction of sp³-hybridized carbons (Fsp3) is 0.261. The lowest BCUT2D eigenvalue weighted by Gasteiger charge is -2.39. The number of fused-ring (bicyclic) bond motifs is 2. The molecule has 2 aliphatic heterocycles. The van der Waals surface area contributed by atoms with Crippen LogP contribution in [0.4, 0.5) is 5.95 Å². The predicted molar refractivity (Wildman–Crippen MR) is 112 cm³/mol. The van der Waals surface area contributed by atoms with E-state index in [-0.39, 0.29) is 11.6 Å². The topological polar surface area (TPSA) is 81.6 Å². The van der Waals surface area contributed by atoms with Gasteiger partial charge in [-0.25, -0.2) is 15.4 Å². The van der Waals surface area contributed by atoms with Crippen molar-refractivity contribution in [2.24, 2.45) is 0 Å². The number of hydrogen-bond acceptors (Lipinski definition) is 6. The summed E-state index contributed by atoms with van der Waals surface area (Å²) in [6, 6.07) is 22.3. The minimum absolute atomic E-state index is 0.223. The van der Waals surface area contributed by atoms with Gasteiger partial charge in [0.25, 0.3) is 5.91 Å². The number of piperazine rings is 1. The van der Waals surface area contributed by atoms with Crippen molar-refractivity contribution < 1.29 is 10.0 Å². The van der Waals surface area contributed by atoms with Crippen molar-refractivity contribution >= 4 is 11.9 Å². The summed E-state index contributed by atoms with van der Waals surface area (Å²) < 4.78 is 0. The zero-order valence-corrected chi connectivity index (χ0v) is 16.4. The van der Waals surface area contributed by atoms with Gasteiger partial charge >= 0.3 is 0 Å². The van der Waals surface area contributed by atoms with E-state index >= 15 is 0 Å². The molecule has 0 radical (unpaired) electrons. The zero-order valence-electron chi connectivity index (χ0n) is 16.4. The van der Waals surface area contributed by atoms with E-state index in [0.717, 1.165) is 19.5 Å². The highest BCUT2D eigenvalue weighted by molar-refractivity contribution is 5.92.